The fourth-order valence-corrected chi connectivity index (χ4v) is 1.59. The maximum absolute atomic E-state index is 11.1. The van der Waals surface area contributed by atoms with E-state index < -0.39 is 26.0 Å². The molecule has 98 valence electrons. The minimum absolute atomic E-state index is 0.129. The molecular formula is C10H18O6Si. The Labute approximate surface area is 101 Å². The number of Topliss-reactive ketones (excluding diaryl/α,β-unsaturated/α-hetero) is 1. The quantitative estimate of drug-likeness (QED) is 0.301. The van der Waals surface area contributed by atoms with Crippen LogP contribution in [0.3, 0.4) is 0 Å². The highest BCUT2D eigenvalue weighted by atomic mass is 28.4. The molecule has 7 heteroatoms. The number of rotatable bonds is 8. The summed E-state index contributed by atoms with van der Waals surface area (Å²) in [5.74, 6) is -3.10. The van der Waals surface area contributed by atoms with Crippen molar-refractivity contribution >= 4 is 26.0 Å². The van der Waals surface area contributed by atoms with E-state index in [9.17, 15) is 14.4 Å². The Hall–Kier alpha value is -1.21. The molecule has 0 radical (unpaired) electrons. The van der Waals surface area contributed by atoms with Crippen molar-refractivity contribution in [1.82, 2.24) is 0 Å². The van der Waals surface area contributed by atoms with Crippen LogP contribution in [0.1, 0.15) is 12.8 Å². The zero-order valence-electron chi connectivity index (χ0n) is 10.3. The van der Waals surface area contributed by atoms with Crippen molar-refractivity contribution in [2.75, 3.05) is 13.2 Å². The molecule has 0 spiro atoms. The Kier molecular flexibility index (Phi) is 6.67. The Morgan fingerprint density at radius 2 is 1.65 bits per heavy atom. The molecule has 0 aromatic heterocycles. The van der Waals surface area contributed by atoms with Crippen LogP contribution in [0, 0.1) is 0 Å². The Balaban J connectivity index is 3.61. The summed E-state index contributed by atoms with van der Waals surface area (Å²) >= 11 is 0. The van der Waals surface area contributed by atoms with E-state index in [1.807, 2.05) is 19.6 Å². The lowest BCUT2D eigenvalue weighted by Gasteiger charge is -2.16. The van der Waals surface area contributed by atoms with Gasteiger partial charge in [0, 0.05) is 6.42 Å². The third-order valence-corrected chi connectivity index (χ3v) is 2.75. The number of esters is 1. The molecule has 0 saturated heterocycles. The Morgan fingerprint density at radius 3 is 2.12 bits per heavy atom. The van der Waals surface area contributed by atoms with Gasteiger partial charge in [-0.25, -0.2) is 4.79 Å². The van der Waals surface area contributed by atoms with E-state index in [4.69, 9.17) is 14.3 Å². The predicted octanol–water partition coefficient (Wildman–Crippen LogP) is 0.815. The van der Waals surface area contributed by atoms with Crippen molar-refractivity contribution < 1.29 is 28.7 Å². The second kappa shape index (κ2) is 7.18. The molecule has 0 rings (SSSR count). The first kappa shape index (κ1) is 15.8. The molecule has 6 nitrogen and oxygen atoms in total. The number of ether oxygens (including phenoxy) is 1. The van der Waals surface area contributed by atoms with Crippen LogP contribution in [0.2, 0.25) is 19.6 Å². The van der Waals surface area contributed by atoms with Crippen molar-refractivity contribution in [1.29, 1.82) is 0 Å². The third kappa shape index (κ3) is 9.70. The average molecular weight is 262 g/mol. The highest BCUT2D eigenvalue weighted by molar-refractivity contribution is 6.69. The second-order valence-electron chi connectivity index (χ2n) is 4.41. The Bertz CT molecular complexity index is 294. The number of carboxylic acid groups (broad SMARTS) is 1. The van der Waals surface area contributed by atoms with Crippen LogP contribution in [0.4, 0.5) is 0 Å². The van der Waals surface area contributed by atoms with Gasteiger partial charge in [-0.3, -0.25) is 9.59 Å². The number of carboxylic acids is 1. The number of carbonyl (C=O) groups excluding carboxylic acids is 2. The standard InChI is InChI=1S/C10H18O6Si/c1-17(2,3)16-7-6-15-9(12)5-4-8(11)10(13)14/h4-7H2,1-3H3,(H,13,14). The van der Waals surface area contributed by atoms with Crippen molar-refractivity contribution in [3.8, 4) is 0 Å². The predicted molar refractivity (Wildman–Crippen MR) is 62.1 cm³/mol. The van der Waals surface area contributed by atoms with Gasteiger partial charge in [-0.1, -0.05) is 0 Å². The average Bonchev–Trinajstić information content (AvgIpc) is 2.19. The van der Waals surface area contributed by atoms with Gasteiger partial charge in [-0.05, 0) is 19.6 Å². The number of ketones is 1. The summed E-state index contributed by atoms with van der Waals surface area (Å²) in [6, 6.07) is 0. The van der Waals surface area contributed by atoms with Gasteiger partial charge in [-0.15, -0.1) is 0 Å². The van der Waals surface area contributed by atoms with Gasteiger partial charge < -0.3 is 14.3 Å². The van der Waals surface area contributed by atoms with Crippen molar-refractivity contribution in [3.05, 3.63) is 0 Å². The van der Waals surface area contributed by atoms with Gasteiger partial charge in [-0.2, -0.15) is 0 Å². The van der Waals surface area contributed by atoms with Crippen LogP contribution in [-0.2, 0) is 23.5 Å². The summed E-state index contributed by atoms with van der Waals surface area (Å²) in [4.78, 5) is 31.9. The van der Waals surface area contributed by atoms with Crippen molar-refractivity contribution in [3.63, 3.8) is 0 Å². The Morgan fingerprint density at radius 1 is 1.06 bits per heavy atom. The van der Waals surface area contributed by atoms with E-state index in [-0.39, 0.29) is 19.4 Å². The van der Waals surface area contributed by atoms with E-state index >= 15 is 0 Å². The summed E-state index contributed by atoms with van der Waals surface area (Å²) in [6.07, 6.45) is -0.541. The summed E-state index contributed by atoms with van der Waals surface area (Å²) < 4.78 is 10.2. The van der Waals surface area contributed by atoms with Crippen LogP contribution in [0.15, 0.2) is 0 Å². The molecule has 0 saturated carbocycles. The molecule has 0 heterocycles. The van der Waals surface area contributed by atoms with Gasteiger partial charge in [0.1, 0.15) is 6.61 Å². The normalized spacial score (nSPS) is 11.0. The maximum atomic E-state index is 11.1. The molecule has 0 aliphatic carbocycles. The fraction of sp³-hybridized carbons (Fsp3) is 0.700. The molecule has 0 aromatic carbocycles. The molecular weight excluding hydrogens is 244 g/mol. The van der Waals surface area contributed by atoms with Crippen LogP contribution >= 0.6 is 0 Å². The lowest BCUT2D eigenvalue weighted by atomic mass is 10.2. The van der Waals surface area contributed by atoms with Crippen LogP contribution in [-0.4, -0.2) is 44.4 Å². The zero-order chi connectivity index (χ0) is 13.5. The minimum Gasteiger partial charge on any atom is -0.476 e. The van der Waals surface area contributed by atoms with E-state index in [1.54, 1.807) is 0 Å². The summed E-state index contributed by atoms with van der Waals surface area (Å²) in [5, 5.41) is 8.28. The topological polar surface area (TPSA) is 89.9 Å². The SMILES string of the molecule is C[Si](C)(C)OCCOC(=O)CCC(=O)C(=O)O. The third-order valence-electron chi connectivity index (χ3n) is 1.68. The van der Waals surface area contributed by atoms with Crippen LogP contribution < -0.4 is 0 Å². The highest BCUT2D eigenvalue weighted by Crippen LogP contribution is 2.02. The summed E-state index contributed by atoms with van der Waals surface area (Å²) in [5.41, 5.74) is 0. The maximum Gasteiger partial charge on any atom is 0.372 e. The molecule has 0 bridgehead atoms. The first-order valence-corrected chi connectivity index (χ1v) is 8.69. The zero-order valence-corrected chi connectivity index (χ0v) is 11.3. The summed E-state index contributed by atoms with van der Waals surface area (Å²) in [7, 11) is -1.60. The molecule has 0 aliphatic rings. The van der Waals surface area contributed by atoms with Crippen molar-refractivity contribution in [2.45, 2.75) is 32.5 Å². The monoisotopic (exact) mass is 262 g/mol. The van der Waals surface area contributed by atoms with E-state index in [2.05, 4.69) is 0 Å². The van der Waals surface area contributed by atoms with Crippen LogP contribution in [0.25, 0.3) is 0 Å². The molecule has 0 aromatic rings. The van der Waals surface area contributed by atoms with Gasteiger partial charge in [0.05, 0.1) is 13.0 Å². The minimum atomic E-state index is -1.60. The number of aliphatic carboxylic acids is 1. The van der Waals surface area contributed by atoms with Crippen molar-refractivity contribution in [2.24, 2.45) is 0 Å². The van der Waals surface area contributed by atoms with Crippen LogP contribution in [0.5, 0.6) is 0 Å². The van der Waals surface area contributed by atoms with Gasteiger partial charge in [0.15, 0.2) is 8.32 Å². The first-order valence-electron chi connectivity index (χ1n) is 5.28. The second-order valence-corrected chi connectivity index (χ2v) is 8.92. The number of hydrogen-bond acceptors (Lipinski definition) is 5. The molecule has 17 heavy (non-hydrogen) atoms. The lowest BCUT2D eigenvalue weighted by Crippen LogP contribution is -2.27. The highest BCUT2D eigenvalue weighted by Gasteiger charge is 2.15. The smallest absolute Gasteiger partial charge is 0.372 e. The van der Waals surface area contributed by atoms with Gasteiger partial charge in [0.2, 0.25) is 5.78 Å². The lowest BCUT2D eigenvalue weighted by molar-refractivity contribution is -0.151. The van der Waals surface area contributed by atoms with Gasteiger partial charge in [0.25, 0.3) is 0 Å². The van der Waals surface area contributed by atoms with Gasteiger partial charge >= 0.3 is 11.9 Å². The molecule has 0 aliphatic heterocycles. The molecule has 1 N–H and O–H groups in total. The molecule has 0 unspecified atom stereocenters. The fourth-order valence-electron chi connectivity index (χ4n) is 0.898. The molecule has 0 amide bonds. The largest absolute Gasteiger partial charge is 0.476 e. The molecule has 0 atom stereocenters. The van der Waals surface area contributed by atoms with E-state index in [0.29, 0.717) is 6.61 Å². The van der Waals surface area contributed by atoms with E-state index in [0.717, 1.165) is 0 Å². The van der Waals surface area contributed by atoms with E-state index in [1.165, 1.54) is 0 Å². The number of hydrogen-bond donors (Lipinski definition) is 1. The summed E-state index contributed by atoms with van der Waals surface area (Å²) in [6.45, 7) is 6.50. The first-order chi connectivity index (χ1) is 7.72. The molecule has 0 fully saturated rings. The number of carbonyl (C=O) groups is 3.